The van der Waals surface area contributed by atoms with Crippen molar-refractivity contribution in [2.75, 3.05) is 5.88 Å². The standard InChI is InChI=1S/C15H20ClNO4/c1-14-10(7-8-16)12(19)17-15(14,13(20)21-14)11(18)9-5-3-2-4-6-9/h3,5,9-11,18H,2,4,6-8H2,1H3,(H,17,19)/t9?,10?,11-,14-,15-/m0/s1. The molecule has 2 unspecified atom stereocenters. The molecule has 0 aromatic rings. The van der Waals surface area contributed by atoms with Crippen LogP contribution in [0.4, 0.5) is 0 Å². The zero-order chi connectivity index (χ0) is 15.3. The lowest BCUT2D eigenvalue weighted by atomic mass is 9.64. The summed E-state index contributed by atoms with van der Waals surface area (Å²) in [4.78, 5) is 24.4. The van der Waals surface area contributed by atoms with E-state index in [1.165, 1.54) is 0 Å². The van der Waals surface area contributed by atoms with Crippen molar-refractivity contribution in [2.24, 2.45) is 11.8 Å². The second-order valence-corrected chi connectivity index (χ2v) is 6.67. The van der Waals surface area contributed by atoms with E-state index in [9.17, 15) is 14.7 Å². The van der Waals surface area contributed by atoms with Crippen LogP contribution in [0.25, 0.3) is 0 Å². The number of alkyl halides is 1. The van der Waals surface area contributed by atoms with Crippen molar-refractivity contribution in [2.45, 2.75) is 49.9 Å². The monoisotopic (exact) mass is 313 g/mol. The Morgan fingerprint density at radius 1 is 1.57 bits per heavy atom. The zero-order valence-electron chi connectivity index (χ0n) is 12.0. The maximum atomic E-state index is 12.2. The Morgan fingerprint density at radius 3 is 2.90 bits per heavy atom. The van der Waals surface area contributed by atoms with Crippen molar-refractivity contribution >= 4 is 23.5 Å². The summed E-state index contributed by atoms with van der Waals surface area (Å²) in [5, 5.41) is 13.5. The van der Waals surface area contributed by atoms with Gasteiger partial charge in [-0.25, -0.2) is 4.79 Å². The maximum Gasteiger partial charge on any atom is 0.339 e. The highest BCUT2D eigenvalue weighted by atomic mass is 35.5. The van der Waals surface area contributed by atoms with Gasteiger partial charge in [0.1, 0.15) is 0 Å². The van der Waals surface area contributed by atoms with Crippen molar-refractivity contribution in [3.05, 3.63) is 12.2 Å². The van der Waals surface area contributed by atoms with Gasteiger partial charge in [0, 0.05) is 11.8 Å². The van der Waals surface area contributed by atoms with Crippen LogP contribution in [0.1, 0.15) is 32.6 Å². The Labute approximate surface area is 128 Å². The van der Waals surface area contributed by atoms with Gasteiger partial charge in [0.25, 0.3) is 0 Å². The van der Waals surface area contributed by atoms with Crippen LogP contribution in [-0.4, -0.2) is 40.1 Å². The first-order chi connectivity index (χ1) is 9.97. The van der Waals surface area contributed by atoms with Gasteiger partial charge in [-0.2, -0.15) is 0 Å². The summed E-state index contributed by atoms with van der Waals surface area (Å²) >= 11 is 5.76. The second-order valence-electron chi connectivity index (χ2n) is 6.29. The summed E-state index contributed by atoms with van der Waals surface area (Å²) in [6.45, 7) is 1.72. The summed E-state index contributed by atoms with van der Waals surface area (Å²) in [5.74, 6) is -1.14. The lowest BCUT2D eigenvalue weighted by Gasteiger charge is -2.54. The molecule has 0 spiro atoms. The van der Waals surface area contributed by atoms with Gasteiger partial charge in [-0.1, -0.05) is 12.2 Å². The summed E-state index contributed by atoms with van der Waals surface area (Å²) in [6, 6.07) is 0. The fraction of sp³-hybridized carbons (Fsp3) is 0.733. The maximum absolute atomic E-state index is 12.2. The highest BCUT2D eigenvalue weighted by Crippen LogP contribution is 2.53. The van der Waals surface area contributed by atoms with E-state index >= 15 is 0 Å². The lowest BCUT2D eigenvalue weighted by molar-refractivity contribution is -0.238. The predicted octanol–water partition coefficient (Wildman–Crippen LogP) is 1.13. The molecular formula is C15H20ClNO4. The number of aliphatic hydroxyl groups is 1. The number of hydrogen-bond acceptors (Lipinski definition) is 4. The third kappa shape index (κ3) is 1.80. The summed E-state index contributed by atoms with van der Waals surface area (Å²) < 4.78 is 5.34. The molecule has 0 aromatic heterocycles. The topological polar surface area (TPSA) is 75.6 Å². The van der Waals surface area contributed by atoms with E-state index in [0.717, 1.165) is 19.3 Å². The number of carbonyl (C=O) groups is 2. The minimum absolute atomic E-state index is 0.138. The number of halogens is 1. The molecule has 0 saturated carbocycles. The van der Waals surface area contributed by atoms with Crippen LogP contribution in [0, 0.1) is 11.8 Å². The quantitative estimate of drug-likeness (QED) is 0.463. The van der Waals surface area contributed by atoms with E-state index in [4.69, 9.17) is 16.3 Å². The molecule has 5 atom stereocenters. The van der Waals surface area contributed by atoms with Gasteiger partial charge in [0.2, 0.25) is 11.4 Å². The van der Waals surface area contributed by atoms with E-state index in [-0.39, 0.29) is 11.8 Å². The molecule has 2 fully saturated rings. The number of hydrogen-bond donors (Lipinski definition) is 2. The van der Waals surface area contributed by atoms with E-state index < -0.39 is 29.1 Å². The van der Waals surface area contributed by atoms with Crippen LogP contribution < -0.4 is 5.32 Å². The molecule has 0 bridgehead atoms. The Bertz CT molecular complexity index is 508. The predicted molar refractivity (Wildman–Crippen MR) is 76.7 cm³/mol. The third-order valence-corrected chi connectivity index (χ3v) is 5.47. The number of allylic oxidation sites excluding steroid dienone is 1. The molecule has 3 rings (SSSR count). The van der Waals surface area contributed by atoms with Crippen LogP contribution in [0.15, 0.2) is 12.2 Å². The number of aliphatic hydroxyl groups excluding tert-OH is 1. The molecule has 0 aromatic carbocycles. The molecular weight excluding hydrogens is 294 g/mol. The Kier molecular flexibility index (Phi) is 3.53. The molecule has 0 radical (unpaired) electrons. The van der Waals surface area contributed by atoms with Crippen molar-refractivity contribution in [1.82, 2.24) is 5.32 Å². The third-order valence-electron chi connectivity index (χ3n) is 5.25. The van der Waals surface area contributed by atoms with Gasteiger partial charge in [-0.15, -0.1) is 11.6 Å². The SMILES string of the molecule is C[C@@]12OC(=O)[C@]1([C@@H](O)C1C=CCCC1)NC(=O)C2CCCl. The molecule has 1 amide bonds. The first-order valence-corrected chi connectivity index (χ1v) is 7.97. The number of ether oxygens (including phenoxy) is 1. The molecule has 6 heteroatoms. The number of carbonyl (C=O) groups excluding carboxylic acids is 2. The second kappa shape index (κ2) is 4.99. The van der Waals surface area contributed by atoms with Crippen molar-refractivity contribution in [3.8, 4) is 0 Å². The normalized spacial score (nSPS) is 42.8. The number of nitrogens with one attached hydrogen (secondary N) is 1. The summed E-state index contributed by atoms with van der Waals surface area (Å²) in [5.41, 5.74) is -2.34. The van der Waals surface area contributed by atoms with Gasteiger partial charge in [-0.05, 0) is 32.6 Å². The van der Waals surface area contributed by atoms with E-state index in [1.807, 2.05) is 12.2 Å². The summed E-state index contributed by atoms with van der Waals surface area (Å²) in [6.07, 6.45) is 6.17. The number of fused-ring (bicyclic) bond motifs is 1. The average Bonchev–Trinajstić information content (AvgIpc) is 2.65. The van der Waals surface area contributed by atoms with E-state index in [1.54, 1.807) is 6.92 Å². The first kappa shape index (κ1) is 14.9. The minimum atomic E-state index is -1.33. The van der Waals surface area contributed by atoms with Crippen molar-refractivity contribution in [1.29, 1.82) is 0 Å². The number of esters is 1. The molecule has 2 aliphatic heterocycles. The molecule has 116 valence electrons. The first-order valence-electron chi connectivity index (χ1n) is 7.43. The van der Waals surface area contributed by atoms with E-state index in [2.05, 4.69) is 5.32 Å². The van der Waals surface area contributed by atoms with Crippen LogP contribution >= 0.6 is 11.6 Å². The summed E-state index contributed by atoms with van der Waals surface area (Å²) in [7, 11) is 0. The zero-order valence-corrected chi connectivity index (χ0v) is 12.7. The molecule has 3 aliphatic rings. The molecule has 5 nitrogen and oxygen atoms in total. The molecule has 1 aliphatic carbocycles. The fourth-order valence-corrected chi connectivity index (χ4v) is 4.21. The van der Waals surface area contributed by atoms with Gasteiger partial charge in [0.15, 0.2) is 5.60 Å². The smallest absolute Gasteiger partial charge is 0.339 e. The molecule has 2 N–H and O–H groups in total. The highest BCUT2D eigenvalue weighted by Gasteiger charge is 2.79. The number of rotatable bonds is 4. The average molecular weight is 314 g/mol. The largest absolute Gasteiger partial charge is 0.453 e. The highest BCUT2D eigenvalue weighted by molar-refractivity contribution is 6.18. The van der Waals surface area contributed by atoms with Gasteiger partial charge < -0.3 is 15.2 Å². The molecule has 2 heterocycles. The van der Waals surface area contributed by atoms with E-state index in [0.29, 0.717) is 12.3 Å². The Hall–Kier alpha value is -1.07. The van der Waals surface area contributed by atoms with Crippen LogP contribution in [-0.2, 0) is 14.3 Å². The van der Waals surface area contributed by atoms with Crippen molar-refractivity contribution < 1.29 is 19.4 Å². The fourth-order valence-electron chi connectivity index (χ4n) is 3.99. The molecule has 21 heavy (non-hydrogen) atoms. The minimum Gasteiger partial charge on any atom is -0.453 e. The van der Waals surface area contributed by atoms with Gasteiger partial charge >= 0.3 is 5.97 Å². The Morgan fingerprint density at radius 2 is 2.33 bits per heavy atom. The van der Waals surface area contributed by atoms with Crippen LogP contribution in [0.3, 0.4) is 0 Å². The Balaban J connectivity index is 1.94. The van der Waals surface area contributed by atoms with Crippen LogP contribution in [0.2, 0.25) is 0 Å². The number of amides is 1. The van der Waals surface area contributed by atoms with Crippen molar-refractivity contribution in [3.63, 3.8) is 0 Å². The van der Waals surface area contributed by atoms with Gasteiger partial charge in [0.05, 0.1) is 12.0 Å². The lowest BCUT2D eigenvalue weighted by Crippen LogP contribution is -2.80. The molecule has 2 saturated heterocycles. The van der Waals surface area contributed by atoms with Gasteiger partial charge in [-0.3, -0.25) is 4.79 Å². The van der Waals surface area contributed by atoms with Crippen LogP contribution in [0.5, 0.6) is 0 Å².